The molecule has 0 fully saturated rings. The highest BCUT2D eigenvalue weighted by Gasteiger charge is 2.22. The molecule has 1 aliphatic heterocycles. The van der Waals surface area contributed by atoms with Gasteiger partial charge >= 0.3 is 0 Å². The summed E-state index contributed by atoms with van der Waals surface area (Å²) in [5, 5.41) is 5.69. The number of hydrogen-bond donors (Lipinski definition) is 2. The summed E-state index contributed by atoms with van der Waals surface area (Å²) in [6.07, 6.45) is 3.91. The van der Waals surface area contributed by atoms with E-state index < -0.39 is 0 Å². The molecule has 0 saturated heterocycles. The van der Waals surface area contributed by atoms with Gasteiger partial charge in [0.25, 0.3) is 0 Å². The first-order valence-electron chi connectivity index (χ1n) is 7.23. The molecular formula is C16H18N4O2. The van der Waals surface area contributed by atoms with Crippen LogP contribution in [0.5, 0.6) is 0 Å². The minimum atomic E-state index is -0.0983. The Morgan fingerprint density at radius 3 is 2.77 bits per heavy atom. The lowest BCUT2D eigenvalue weighted by atomic mass is 10.2. The molecule has 2 amide bonds. The maximum Gasteiger partial charge on any atom is 0.243 e. The van der Waals surface area contributed by atoms with E-state index in [2.05, 4.69) is 10.6 Å². The van der Waals surface area contributed by atoms with Crippen molar-refractivity contribution in [2.45, 2.75) is 6.54 Å². The van der Waals surface area contributed by atoms with E-state index in [0.717, 1.165) is 17.9 Å². The molecule has 2 N–H and O–H groups in total. The molecule has 0 unspecified atom stereocenters. The third-order valence-corrected chi connectivity index (χ3v) is 3.55. The summed E-state index contributed by atoms with van der Waals surface area (Å²) < 4.78 is 2.00. The highest BCUT2D eigenvalue weighted by molar-refractivity contribution is 6.02. The van der Waals surface area contributed by atoms with Gasteiger partial charge in [-0.25, -0.2) is 0 Å². The van der Waals surface area contributed by atoms with E-state index in [1.165, 1.54) is 0 Å². The molecule has 0 atom stereocenters. The highest BCUT2D eigenvalue weighted by atomic mass is 16.2. The van der Waals surface area contributed by atoms with Crippen molar-refractivity contribution >= 4 is 23.2 Å². The van der Waals surface area contributed by atoms with Crippen LogP contribution in [0.4, 0.5) is 11.4 Å². The minimum absolute atomic E-state index is 0.0864. The largest absolute Gasteiger partial charge is 0.353 e. The van der Waals surface area contributed by atoms with E-state index in [0.29, 0.717) is 6.54 Å². The van der Waals surface area contributed by atoms with Crippen LogP contribution in [0.2, 0.25) is 0 Å². The fourth-order valence-corrected chi connectivity index (χ4v) is 2.52. The van der Waals surface area contributed by atoms with Gasteiger partial charge in [0, 0.05) is 25.5 Å². The zero-order valence-electron chi connectivity index (χ0n) is 12.2. The Kier molecular flexibility index (Phi) is 4.09. The van der Waals surface area contributed by atoms with Crippen molar-refractivity contribution in [1.29, 1.82) is 0 Å². The van der Waals surface area contributed by atoms with E-state index >= 15 is 0 Å². The Hall–Kier alpha value is -2.76. The second-order valence-electron chi connectivity index (χ2n) is 5.19. The maximum absolute atomic E-state index is 12.1. The van der Waals surface area contributed by atoms with Crippen LogP contribution in [0.1, 0.15) is 0 Å². The molecule has 6 nitrogen and oxygen atoms in total. The monoisotopic (exact) mass is 298 g/mol. The third kappa shape index (κ3) is 3.28. The summed E-state index contributed by atoms with van der Waals surface area (Å²) in [6, 6.07) is 11.4. The molecule has 3 rings (SSSR count). The lowest BCUT2D eigenvalue weighted by Crippen LogP contribution is -2.44. The van der Waals surface area contributed by atoms with Crippen LogP contribution in [-0.4, -0.2) is 36.0 Å². The average Bonchev–Trinajstić information content (AvgIpc) is 3.00. The van der Waals surface area contributed by atoms with Crippen molar-refractivity contribution in [2.24, 2.45) is 0 Å². The minimum Gasteiger partial charge on any atom is -0.353 e. The number of anilines is 2. The van der Waals surface area contributed by atoms with Gasteiger partial charge in [0.1, 0.15) is 0 Å². The number of carbonyl (C=O) groups is 2. The van der Waals surface area contributed by atoms with Gasteiger partial charge in [-0.05, 0) is 24.3 Å². The number of nitrogens with one attached hydrogen (secondary N) is 2. The molecule has 2 heterocycles. The Bertz CT molecular complexity index is 667. The van der Waals surface area contributed by atoms with Gasteiger partial charge in [0.05, 0.1) is 24.5 Å². The van der Waals surface area contributed by atoms with Crippen LogP contribution in [-0.2, 0) is 16.1 Å². The molecule has 6 heteroatoms. The number of para-hydroxylation sites is 2. The Balaban J connectivity index is 1.56. The predicted molar refractivity (Wildman–Crippen MR) is 84.7 cm³/mol. The molecule has 0 aliphatic carbocycles. The topological polar surface area (TPSA) is 66.4 Å². The number of fused-ring (bicyclic) bond motifs is 1. The lowest BCUT2D eigenvalue weighted by Gasteiger charge is -2.30. The molecule has 1 aromatic heterocycles. The lowest BCUT2D eigenvalue weighted by molar-refractivity contribution is -0.119. The van der Waals surface area contributed by atoms with E-state index in [9.17, 15) is 9.59 Å². The molecule has 1 aromatic carbocycles. The molecule has 1 aliphatic rings. The van der Waals surface area contributed by atoms with Crippen molar-refractivity contribution in [3.63, 3.8) is 0 Å². The summed E-state index contributed by atoms with van der Waals surface area (Å²) in [7, 11) is 0. The number of hydrogen-bond acceptors (Lipinski definition) is 3. The van der Waals surface area contributed by atoms with Crippen LogP contribution >= 0.6 is 0 Å². The van der Waals surface area contributed by atoms with Crippen molar-refractivity contribution in [3.8, 4) is 0 Å². The number of carbonyl (C=O) groups excluding carboxylic acids is 2. The van der Waals surface area contributed by atoms with E-state index in [1.807, 2.05) is 53.4 Å². The normalized spacial score (nSPS) is 13.5. The number of amides is 2. The first-order valence-corrected chi connectivity index (χ1v) is 7.23. The molecule has 0 saturated carbocycles. The average molecular weight is 298 g/mol. The molecule has 22 heavy (non-hydrogen) atoms. The summed E-state index contributed by atoms with van der Waals surface area (Å²) >= 11 is 0. The Morgan fingerprint density at radius 2 is 1.95 bits per heavy atom. The summed E-state index contributed by atoms with van der Waals surface area (Å²) in [5.74, 6) is -0.185. The van der Waals surface area contributed by atoms with Crippen molar-refractivity contribution in [3.05, 3.63) is 48.8 Å². The van der Waals surface area contributed by atoms with E-state index in [-0.39, 0.29) is 24.9 Å². The van der Waals surface area contributed by atoms with Gasteiger partial charge in [0.2, 0.25) is 11.8 Å². The molecule has 2 aromatic rings. The zero-order valence-corrected chi connectivity index (χ0v) is 12.2. The third-order valence-electron chi connectivity index (χ3n) is 3.55. The van der Waals surface area contributed by atoms with Gasteiger partial charge < -0.3 is 20.1 Å². The van der Waals surface area contributed by atoms with Crippen molar-refractivity contribution < 1.29 is 9.59 Å². The smallest absolute Gasteiger partial charge is 0.243 e. The molecule has 0 radical (unpaired) electrons. The second-order valence-corrected chi connectivity index (χ2v) is 5.19. The number of rotatable bonds is 5. The van der Waals surface area contributed by atoms with Crippen LogP contribution in [0.3, 0.4) is 0 Å². The molecule has 114 valence electrons. The number of benzene rings is 1. The fraction of sp³-hybridized carbons (Fsp3) is 0.250. The number of nitrogens with zero attached hydrogens (tertiary/aromatic N) is 2. The molecular weight excluding hydrogens is 280 g/mol. The van der Waals surface area contributed by atoms with E-state index in [4.69, 9.17) is 0 Å². The second kappa shape index (κ2) is 6.34. The fourth-order valence-electron chi connectivity index (χ4n) is 2.52. The maximum atomic E-state index is 12.1. The Labute approximate surface area is 128 Å². The van der Waals surface area contributed by atoms with Gasteiger partial charge in [0.15, 0.2) is 0 Å². The van der Waals surface area contributed by atoms with Gasteiger partial charge in [-0.3, -0.25) is 9.59 Å². The first kappa shape index (κ1) is 14.2. The summed E-state index contributed by atoms with van der Waals surface area (Å²) in [6.45, 7) is 1.67. The number of aromatic nitrogens is 1. The first-order chi connectivity index (χ1) is 10.7. The quantitative estimate of drug-likeness (QED) is 0.867. The van der Waals surface area contributed by atoms with Crippen molar-refractivity contribution in [2.75, 3.05) is 29.9 Å². The van der Waals surface area contributed by atoms with Gasteiger partial charge in [-0.1, -0.05) is 12.1 Å². The zero-order chi connectivity index (χ0) is 15.4. The standard InChI is InChI=1S/C16H18N4O2/c21-15(17-7-10-19-8-3-4-9-19)11-20-12-16(22)18-13-5-1-2-6-14(13)20/h1-6,8-9H,7,10-12H2,(H,17,21)(H,18,22). The molecule has 0 bridgehead atoms. The van der Waals surface area contributed by atoms with Gasteiger partial charge in [-0.2, -0.15) is 0 Å². The predicted octanol–water partition coefficient (Wildman–Crippen LogP) is 1.06. The summed E-state index contributed by atoms with van der Waals surface area (Å²) in [5.41, 5.74) is 1.63. The van der Waals surface area contributed by atoms with Crippen LogP contribution in [0, 0.1) is 0 Å². The SMILES string of the molecule is O=C(CN1CC(=O)Nc2ccccc21)NCCn1cccc1. The summed E-state index contributed by atoms with van der Waals surface area (Å²) in [4.78, 5) is 25.6. The van der Waals surface area contributed by atoms with E-state index in [1.54, 1.807) is 4.90 Å². The van der Waals surface area contributed by atoms with Crippen LogP contribution in [0.15, 0.2) is 48.8 Å². The highest BCUT2D eigenvalue weighted by Crippen LogP contribution is 2.28. The van der Waals surface area contributed by atoms with Gasteiger partial charge in [-0.15, -0.1) is 0 Å². The van der Waals surface area contributed by atoms with Crippen LogP contribution < -0.4 is 15.5 Å². The van der Waals surface area contributed by atoms with Crippen LogP contribution in [0.25, 0.3) is 0 Å². The Morgan fingerprint density at radius 1 is 1.18 bits per heavy atom. The van der Waals surface area contributed by atoms with Crippen molar-refractivity contribution in [1.82, 2.24) is 9.88 Å². The molecule has 0 spiro atoms.